The first kappa shape index (κ1) is 15.6. The molecule has 24 heavy (non-hydrogen) atoms. The van der Waals surface area contributed by atoms with Crippen molar-refractivity contribution in [2.45, 2.75) is 57.7 Å². The maximum atomic E-state index is 12.5. The fourth-order valence-electron chi connectivity index (χ4n) is 5.05. The molecule has 2 aliphatic carbocycles. The fourth-order valence-corrected chi connectivity index (χ4v) is 5.05. The number of ether oxygens (including phenoxy) is 1. The Labute approximate surface area is 140 Å². The van der Waals surface area contributed by atoms with Gasteiger partial charge in [0.05, 0.1) is 5.41 Å². The molecule has 1 saturated heterocycles. The van der Waals surface area contributed by atoms with Crippen LogP contribution in [0.1, 0.15) is 63.0 Å². The van der Waals surface area contributed by atoms with E-state index >= 15 is 0 Å². The van der Waals surface area contributed by atoms with E-state index in [9.17, 15) is 14.7 Å². The summed E-state index contributed by atoms with van der Waals surface area (Å²) >= 11 is 0. The van der Waals surface area contributed by atoms with Crippen LogP contribution in [-0.2, 0) is 14.9 Å². The smallest absolute Gasteiger partial charge is 0.336 e. The quantitative estimate of drug-likeness (QED) is 0.632. The molecular formula is C19H22O5. The first-order valence-corrected chi connectivity index (χ1v) is 8.45. The second kappa shape index (κ2) is 4.60. The standard InChI is InChI=1S/C19H22O5/c1-9(2)14-12-10(8-11(20)23-14)18(3)6-5-7-19(4)16(18)15(13(12)21)24-17(19)22/h5-6,8-9,13,15-16,21H,7H2,1-4H3/t13-,15?,16?,18-,19+/m1/s1. The molecule has 5 heteroatoms. The first-order chi connectivity index (χ1) is 11.2. The average molecular weight is 330 g/mol. The highest BCUT2D eigenvalue weighted by molar-refractivity contribution is 5.81. The summed E-state index contributed by atoms with van der Waals surface area (Å²) in [5, 5.41) is 11.0. The molecule has 4 rings (SSSR count). The van der Waals surface area contributed by atoms with Crippen molar-refractivity contribution in [1.29, 1.82) is 0 Å². The summed E-state index contributed by atoms with van der Waals surface area (Å²) in [5.74, 6) is -0.0519. The molecule has 2 heterocycles. The van der Waals surface area contributed by atoms with Crippen LogP contribution in [0.4, 0.5) is 0 Å². The Balaban J connectivity index is 2.07. The molecule has 0 amide bonds. The zero-order valence-corrected chi connectivity index (χ0v) is 14.3. The van der Waals surface area contributed by atoms with Gasteiger partial charge in [-0.05, 0) is 18.9 Å². The highest BCUT2D eigenvalue weighted by Gasteiger charge is 2.66. The minimum absolute atomic E-state index is 0.0569. The van der Waals surface area contributed by atoms with E-state index < -0.39 is 28.7 Å². The molecule has 3 aliphatic rings. The fraction of sp³-hybridized carbons (Fsp3) is 0.579. The topological polar surface area (TPSA) is 76.7 Å². The van der Waals surface area contributed by atoms with Gasteiger partial charge in [0.1, 0.15) is 18.0 Å². The summed E-state index contributed by atoms with van der Waals surface area (Å²) in [5.41, 5.74) is -0.275. The van der Waals surface area contributed by atoms with Crippen LogP contribution in [-0.4, -0.2) is 17.2 Å². The van der Waals surface area contributed by atoms with E-state index in [1.165, 1.54) is 6.07 Å². The van der Waals surface area contributed by atoms with E-state index in [1.807, 2.05) is 33.8 Å². The zero-order valence-electron chi connectivity index (χ0n) is 14.3. The van der Waals surface area contributed by atoms with E-state index in [4.69, 9.17) is 9.15 Å². The van der Waals surface area contributed by atoms with Crippen molar-refractivity contribution in [2.24, 2.45) is 11.3 Å². The molecule has 5 nitrogen and oxygen atoms in total. The van der Waals surface area contributed by atoms with Crippen molar-refractivity contribution < 1.29 is 19.1 Å². The lowest BCUT2D eigenvalue weighted by Crippen LogP contribution is -2.52. The summed E-state index contributed by atoms with van der Waals surface area (Å²) in [6, 6.07) is 1.47. The minimum atomic E-state index is -0.975. The third-order valence-electron chi connectivity index (χ3n) is 6.12. The molecule has 1 aromatic rings. The van der Waals surface area contributed by atoms with Crippen LogP contribution in [0.15, 0.2) is 27.4 Å². The number of carbonyl (C=O) groups is 1. The maximum absolute atomic E-state index is 12.5. The molecule has 2 unspecified atom stereocenters. The maximum Gasteiger partial charge on any atom is 0.336 e. The summed E-state index contributed by atoms with van der Waals surface area (Å²) in [6.45, 7) is 7.76. The first-order valence-electron chi connectivity index (χ1n) is 8.45. The molecule has 0 aromatic carbocycles. The number of rotatable bonds is 1. The largest absolute Gasteiger partial charge is 0.458 e. The second-order valence-corrected chi connectivity index (χ2v) is 8.01. The number of carbonyl (C=O) groups excluding carboxylic acids is 1. The van der Waals surface area contributed by atoms with E-state index in [1.54, 1.807) is 0 Å². The van der Waals surface area contributed by atoms with Gasteiger partial charge in [0.25, 0.3) is 0 Å². The van der Waals surface area contributed by atoms with Crippen molar-refractivity contribution in [3.8, 4) is 0 Å². The van der Waals surface area contributed by atoms with Crippen LogP contribution < -0.4 is 5.63 Å². The Morgan fingerprint density at radius 1 is 1.29 bits per heavy atom. The van der Waals surface area contributed by atoms with Crippen LogP contribution in [0.25, 0.3) is 0 Å². The molecule has 0 bridgehead atoms. The van der Waals surface area contributed by atoms with Crippen molar-refractivity contribution in [3.63, 3.8) is 0 Å². The van der Waals surface area contributed by atoms with Crippen LogP contribution in [0.2, 0.25) is 0 Å². The van der Waals surface area contributed by atoms with Crippen molar-refractivity contribution in [3.05, 3.63) is 45.5 Å². The number of hydrogen-bond donors (Lipinski definition) is 1. The normalized spacial score (nSPS) is 39.6. The lowest BCUT2D eigenvalue weighted by atomic mass is 9.52. The van der Waals surface area contributed by atoms with Gasteiger partial charge >= 0.3 is 11.6 Å². The van der Waals surface area contributed by atoms with Gasteiger partial charge in [-0.1, -0.05) is 32.9 Å². The van der Waals surface area contributed by atoms with Crippen molar-refractivity contribution >= 4 is 5.97 Å². The molecule has 0 saturated carbocycles. The third kappa shape index (κ3) is 1.68. The predicted molar refractivity (Wildman–Crippen MR) is 86.6 cm³/mol. The number of fused-ring (bicyclic) bond motifs is 2. The lowest BCUT2D eigenvalue weighted by molar-refractivity contribution is -0.151. The van der Waals surface area contributed by atoms with E-state index in [2.05, 4.69) is 6.08 Å². The minimum Gasteiger partial charge on any atom is -0.458 e. The van der Waals surface area contributed by atoms with Crippen LogP contribution in [0.5, 0.6) is 0 Å². The Morgan fingerprint density at radius 2 is 2.00 bits per heavy atom. The third-order valence-corrected chi connectivity index (χ3v) is 6.12. The average Bonchev–Trinajstić information content (AvgIpc) is 2.78. The van der Waals surface area contributed by atoms with Gasteiger partial charge < -0.3 is 14.3 Å². The molecule has 1 aromatic heterocycles. The van der Waals surface area contributed by atoms with Gasteiger partial charge in [-0.3, -0.25) is 4.79 Å². The van der Waals surface area contributed by atoms with Crippen molar-refractivity contribution in [2.75, 3.05) is 0 Å². The Kier molecular flexibility index (Phi) is 3.00. The van der Waals surface area contributed by atoms with Crippen LogP contribution in [0.3, 0.4) is 0 Å². The van der Waals surface area contributed by atoms with E-state index in [0.717, 1.165) is 5.56 Å². The summed E-state index contributed by atoms with van der Waals surface area (Å²) in [7, 11) is 0. The zero-order chi connectivity index (χ0) is 17.4. The SMILES string of the molecule is CC(C)c1oc(=O)cc2c1[C@@H](O)C1OC(=O)[C@@]3(C)CC=C[C@@]2(C)C13. The predicted octanol–water partition coefficient (Wildman–Crippen LogP) is 2.58. The van der Waals surface area contributed by atoms with Gasteiger partial charge in [0, 0.05) is 28.9 Å². The molecule has 0 spiro atoms. The monoisotopic (exact) mass is 330 g/mol. The molecule has 5 atom stereocenters. The lowest BCUT2D eigenvalue weighted by Gasteiger charge is -2.49. The second-order valence-electron chi connectivity index (χ2n) is 8.01. The highest BCUT2D eigenvalue weighted by atomic mass is 16.6. The van der Waals surface area contributed by atoms with Gasteiger partial charge in [-0.2, -0.15) is 0 Å². The highest BCUT2D eigenvalue weighted by Crippen LogP contribution is 2.61. The van der Waals surface area contributed by atoms with E-state index in [-0.39, 0.29) is 17.8 Å². The van der Waals surface area contributed by atoms with E-state index in [0.29, 0.717) is 17.7 Å². The molecule has 1 aliphatic heterocycles. The molecular weight excluding hydrogens is 308 g/mol. The van der Waals surface area contributed by atoms with Gasteiger partial charge in [-0.15, -0.1) is 0 Å². The van der Waals surface area contributed by atoms with Crippen LogP contribution in [0, 0.1) is 11.3 Å². The number of allylic oxidation sites excluding steroid dienone is 2. The van der Waals surface area contributed by atoms with Gasteiger partial charge in [-0.25, -0.2) is 4.79 Å². The van der Waals surface area contributed by atoms with Crippen molar-refractivity contribution in [1.82, 2.24) is 0 Å². The number of esters is 1. The van der Waals surface area contributed by atoms with Gasteiger partial charge in [0.15, 0.2) is 0 Å². The Bertz CT molecular complexity index is 820. The summed E-state index contributed by atoms with van der Waals surface area (Å²) < 4.78 is 11.0. The molecule has 128 valence electrons. The Morgan fingerprint density at radius 3 is 2.67 bits per heavy atom. The number of hydrogen-bond acceptors (Lipinski definition) is 5. The van der Waals surface area contributed by atoms with Gasteiger partial charge in [0.2, 0.25) is 0 Å². The summed E-state index contributed by atoms with van der Waals surface area (Å²) in [4.78, 5) is 24.7. The van der Waals surface area contributed by atoms with Crippen LogP contribution >= 0.6 is 0 Å². The molecule has 0 radical (unpaired) electrons. The summed E-state index contributed by atoms with van der Waals surface area (Å²) in [6.07, 6.45) is 3.05. The molecule has 1 fully saturated rings. The molecule has 1 N–H and O–H groups in total. The Hall–Kier alpha value is -1.88. The number of aliphatic hydroxyl groups is 1. The number of aliphatic hydroxyl groups excluding tert-OH is 1.